The van der Waals surface area contributed by atoms with Crippen LogP contribution in [0.25, 0.3) is 0 Å². The van der Waals surface area contributed by atoms with E-state index in [0.29, 0.717) is 10.7 Å². The maximum absolute atomic E-state index is 13.1. The van der Waals surface area contributed by atoms with Gasteiger partial charge in [-0.05, 0) is 24.6 Å². The van der Waals surface area contributed by atoms with Crippen LogP contribution in [0.2, 0.25) is 0 Å². The smallest absolute Gasteiger partial charge is 0.235 e. The zero-order chi connectivity index (χ0) is 15.9. The fourth-order valence-electron chi connectivity index (χ4n) is 1.82. The molecule has 2 aromatic rings. The second-order valence-corrected chi connectivity index (χ2v) is 5.75. The van der Waals surface area contributed by atoms with E-state index in [0.717, 1.165) is 43.3 Å². The van der Waals surface area contributed by atoms with E-state index in [4.69, 9.17) is 0 Å². The van der Waals surface area contributed by atoms with Gasteiger partial charge in [0.2, 0.25) is 5.91 Å². The molecule has 0 bridgehead atoms. The van der Waals surface area contributed by atoms with Crippen molar-refractivity contribution >= 4 is 23.5 Å². The molecule has 2 rings (SSSR count). The van der Waals surface area contributed by atoms with Gasteiger partial charge < -0.3 is 5.32 Å². The quantitative estimate of drug-likeness (QED) is 0.790. The van der Waals surface area contributed by atoms with Crippen LogP contribution in [0.3, 0.4) is 0 Å². The topological polar surface area (TPSA) is 46.9 Å². The molecule has 1 N–H and O–H groups in total. The number of hydrogen-bond donors (Lipinski definition) is 1. The molecule has 0 unspecified atom stereocenters. The van der Waals surface area contributed by atoms with Crippen LogP contribution < -0.4 is 5.32 Å². The van der Waals surface area contributed by atoms with Crippen LogP contribution in [-0.4, -0.2) is 21.4 Å². The molecule has 1 heterocycles. The molecule has 0 aliphatic heterocycles. The Hall–Kier alpha value is -1.89. The molecule has 0 aliphatic carbocycles. The van der Waals surface area contributed by atoms with E-state index in [-0.39, 0.29) is 11.7 Å². The molecule has 0 spiro atoms. The van der Waals surface area contributed by atoms with Crippen LogP contribution in [0.15, 0.2) is 35.4 Å². The van der Waals surface area contributed by atoms with Crippen LogP contribution in [-0.2, 0) is 11.3 Å². The van der Waals surface area contributed by atoms with Gasteiger partial charge >= 0.3 is 0 Å². The standard InChI is InChI=1S/C15H17F2N3OS/c1-2-3-8-20-14(6-7-18-20)19-15(21)10-22-11-4-5-12(16)13(17)9-11/h4-7,9H,2-3,8,10H2,1H3,(H,19,21). The number of halogens is 2. The molecule has 22 heavy (non-hydrogen) atoms. The molecule has 0 saturated heterocycles. The Morgan fingerprint density at radius 2 is 2.14 bits per heavy atom. The number of hydrogen-bond acceptors (Lipinski definition) is 3. The highest BCUT2D eigenvalue weighted by atomic mass is 32.2. The Morgan fingerprint density at radius 1 is 1.32 bits per heavy atom. The predicted molar refractivity (Wildman–Crippen MR) is 82.8 cm³/mol. The van der Waals surface area contributed by atoms with Crippen LogP contribution in [0, 0.1) is 11.6 Å². The second kappa shape index (κ2) is 7.93. The molecule has 4 nitrogen and oxygen atoms in total. The molecule has 1 aromatic heterocycles. The Kier molecular flexibility index (Phi) is 5.94. The summed E-state index contributed by atoms with van der Waals surface area (Å²) >= 11 is 1.15. The lowest BCUT2D eigenvalue weighted by Crippen LogP contribution is -2.17. The van der Waals surface area contributed by atoms with Crippen molar-refractivity contribution < 1.29 is 13.6 Å². The first-order valence-electron chi connectivity index (χ1n) is 6.99. The summed E-state index contributed by atoms with van der Waals surface area (Å²) in [5.74, 6) is -1.27. The lowest BCUT2D eigenvalue weighted by atomic mass is 10.3. The van der Waals surface area contributed by atoms with Gasteiger partial charge in [0.05, 0.1) is 11.9 Å². The van der Waals surface area contributed by atoms with Crippen molar-refractivity contribution in [3.05, 3.63) is 42.1 Å². The van der Waals surface area contributed by atoms with Gasteiger partial charge in [0.15, 0.2) is 11.6 Å². The number of thioether (sulfide) groups is 1. The number of carbonyl (C=O) groups excluding carboxylic acids is 1. The highest BCUT2D eigenvalue weighted by molar-refractivity contribution is 8.00. The van der Waals surface area contributed by atoms with Gasteiger partial charge in [-0.1, -0.05) is 13.3 Å². The van der Waals surface area contributed by atoms with E-state index in [1.54, 1.807) is 16.9 Å². The maximum Gasteiger partial charge on any atom is 0.235 e. The van der Waals surface area contributed by atoms with E-state index >= 15 is 0 Å². The fourth-order valence-corrected chi connectivity index (χ4v) is 2.54. The van der Waals surface area contributed by atoms with E-state index < -0.39 is 11.6 Å². The summed E-state index contributed by atoms with van der Waals surface area (Å²) in [7, 11) is 0. The lowest BCUT2D eigenvalue weighted by Gasteiger charge is -2.08. The Balaban J connectivity index is 1.87. The van der Waals surface area contributed by atoms with Gasteiger partial charge in [-0.2, -0.15) is 5.10 Å². The number of nitrogens with one attached hydrogen (secondary N) is 1. The van der Waals surface area contributed by atoms with Crippen molar-refractivity contribution in [2.24, 2.45) is 0 Å². The maximum atomic E-state index is 13.1. The number of carbonyl (C=O) groups is 1. The second-order valence-electron chi connectivity index (χ2n) is 4.71. The van der Waals surface area contributed by atoms with Gasteiger partial charge in [0.25, 0.3) is 0 Å². The summed E-state index contributed by atoms with van der Waals surface area (Å²) in [6.45, 7) is 2.83. The Morgan fingerprint density at radius 3 is 2.86 bits per heavy atom. The number of benzene rings is 1. The van der Waals surface area contributed by atoms with Crippen molar-refractivity contribution in [1.82, 2.24) is 9.78 Å². The summed E-state index contributed by atoms with van der Waals surface area (Å²) in [5.41, 5.74) is 0. The molecular formula is C15H17F2N3OS. The first-order chi connectivity index (χ1) is 10.6. The molecule has 0 fully saturated rings. The summed E-state index contributed by atoms with van der Waals surface area (Å²) in [4.78, 5) is 12.4. The first-order valence-corrected chi connectivity index (χ1v) is 7.98. The van der Waals surface area contributed by atoms with Crippen molar-refractivity contribution in [2.45, 2.75) is 31.2 Å². The van der Waals surface area contributed by atoms with E-state index in [2.05, 4.69) is 17.3 Å². The third-order valence-electron chi connectivity index (χ3n) is 2.97. The van der Waals surface area contributed by atoms with Crippen LogP contribution >= 0.6 is 11.8 Å². The lowest BCUT2D eigenvalue weighted by molar-refractivity contribution is -0.113. The number of anilines is 1. The molecular weight excluding hydrogens is 308 g/mol. The van der Waals surface area contributed by atoms with Crippen molar-refractivity contribution in [1.29, 1.82) is 0 Å². The molecule has 0 atom stereocenters. The van der Waals surface area contributed by atoms with Crippen LogP contribution in [0.4, 0.5) is 14.6 Å². The Bertz CT molecular complexity index is 645. The highest BCUT2D eigenvalue weighted by Crippen LogP contribution is 2.20. The number of rotatable bonds is 7. The largest absolute Gasteiger partial charge is 0.310 e. The van der Waals surface area contributed by atoms with Gasteiger partial charge in [-0.3, -0.25) is 4.79 Å². The molecule has 0 saturated carbocycles. The summed E-state index contributed by atoms with van der Waals surface area (Å²) < 4.78 is 27.6. The van der Waals surface area contributed by atoms with Gasteiger partial charge in [-0.15, -0.1) is 11.8 Å². The summed E-state index contributed by atoms with van der Waals surface area (Å²) in [6, 6.07) is 5.31. The fraction of sp³-hybridized carbons (Fsp3) is 0.333. The average molecular weight is 325 g/mol. The number of nitrogens with zero attached hydrogens (tertiary/aromatic N) is 2. The van der Waals surface area contributed by atoms with Gasteiger partial charge in [-0.25, -0.2) is 13.5 Å². The van der Waals surface area contributed by atoms with Crippen molar-refractivity contribution in [3.63, 3.8) is 0 Å². The minimum Gasteiger partial charge on any atom is -0.310 e. The molecule has 118 valence electrons. The number of amides is 1. The van der Waals surface area contributed by atoms with Crippen LogP contribution in [0.1, 0.15) is 19.8 Å². The van der Waals surface area contributed by atoms with E-state index in [1.165, 1.54) is 6.07 Å². The Labute approximate surface area is 131 Å². The molecule has 1 aromatic carbocycles. The predicted octanol–water partition coefficient (Wildman–Crippen LogP) is 3.69. The molecule has 7 heteroatoms. The zero-order valence-electron chi connectivity index (χ0n) is 12.2. The SMILES string of the molecule is CCCCn1nccc1NC(=O)CSc1ccc(F)c(F)c1. The number of unbranched alkanes of at least 4 members (excludes halogenated alkanes) is 1. The number of aromatic nitrogens is 2. The minimum absolute atomic E-state index is 0.115. The number of aryl methyl sites for hydroxylation is 1. The third-order valence-corrected chi connectivity index (χ3v) is 3.96. The van der Waals surface area contributed by atoms with E-state index in [1.807, 2.05) is 0 Å². The molecule has 1 amide bonds. The third kappa shape index (κ3) is 4.56. The van der Waals surface area contributed by atoms with Crippen molar-refractivity contribution in [3.8, 4) is 0 Å². The van der Waals surface area contributed by atoms with Gasteiger partial charge in [0.1, 0.15) is 5.82 Å². The minimum atomic E-state index is -0.914. The van der Waals surface area contributed by atoms with Gasteiger partial charge in [0, 0.05) is 17.5 Å². The highest BCUT2D eigenvalue weighted by Gasteiger charge is 2.09. The molecule has 0 radical (unpaired) electrons. The molecule has 0 aliphatic rings. The summed E-state index contributed by atoms with van der Waals surface area (Å²) in [5, 5.41) is 6.92. The summed E-state index contributed by atoms with van der Waals surface area (Å²) in [6.07, 6.45) is 3.65. The average Bonchev–Trinajstić information content (AvgIpc) is 2.93. The first kappa shape index (κ1) is 16.5. The zero-order valence-corrected chi connectivity index (χ0v) is 13.0. The monoisotopic (exact) mass is 325 g/mol. The normalized spacial score (nSPS) is 10.7. The van der Waals surface area contributed by atoms with Crippen molar-refractivity contribution in [2.75, 3.05) is 11.1 Å². The van der Waals surface area contributed by atoms with Crippen LogP contribution in [0.5, 0.6) is 0 Å². The van der Waals surface area contributed by atoms with E-state index in [9.17, 15) is 13.6 Å².